The fraction of sp³-hybridized carbons (Fsp3) is 0.438. The first-order chi connectivity index (χ1) is 11.7. The molecule has 138 valence electrons. The van der Waals surface area contributed by atoms with E-state index in [9.17, 15) is 18.3 Å². The molecule has 0 amide bonds. The highest BCUT2D eigenvalue weighted by Gasteiger charge is 2.28. The van der Waals surface area contributed by atoms with Gasteiger partial charge in [0.15, 0.2) is 5.78 Å². The molecular weight excluding hydrogens is 387 g/mol. The quantitative estimate of drug-likeness (QED) is 0.678. The number of hydrogen-bond donors (Lipinski definition) is 2. The van der Waals surface area contributed by atoms with Crippen LogP contribution in [0.2, 0.25) is 10.0 Å². The molecule has 0 radical (unpaired) electrons. The lowest BCUT2D eigenvalue weighted by Gasteiger charge is -2.30. The number of nitrogens with one attached hydrogen (secondary N) is 1. The Morgan fingerprint density at radius 1 is 1.40 bits per heavy atom. The fourth-order valence-corrected chi connectivity index (χ4v) is 4.13. The van der Waals surface area contributed by atoms with Crippen molar-refractivity contribution in [3.63, 3.8) is 0 Å². The van der Waals surface area contributed by atoms with Crippen LogP contribution in [0, 0.1) is 5.92 Å². The molecular formula is C16H20Cl2N2O4S. The maximum absolute atomic E-state index is 12.2. The Morgan fingerprint density at radius 2 is 2.08 bits per heavy atom. The number of piperidine rings is 1. The van der Waals surface area contributed by atoms with Gasteiger partial charge in [-0.25, -0.2) is 8.42 Å². The third-order valence-electron chi connectivity index (χ3n) is 4.08. The summed E-state index contributed by atoms with van der Waals surface area (Å²) >= 11 is 11.7. The molecule has 0 spiro atoms. The predicted octanol–water partition coefficient (Wildman–Crippen LogP) is 3.26. The first-order valence-electron chi connectivity index (χ1n) is 7.79. The van der Waals surface area contributed by atoms with Crippen molar-refractivity contribution in [3.8, 4) is 5.75 Å². The summed E-state index contributed by atoms with van der Waals surface area (Å²) in [6.07, 6.45) is 1.77. The summed E-state index contributed by atoms with van der Waals surface area (Å²) in [5.41, 5.74) is 0.322. The standard InChI is InChI=1S/C16H20Cl2N2O4S/c1-2-25(23,24)20-5-3-4-11(10-20)6-12(21)9-19-15-7-13(17)14(18)8-16(15)22/h2,7-8,11,19,22H,1,3-6,9-10H2/t11-/m1/s1. The van der Waals surface area contributed by atoms with Gasteiger partial charge in [0.25, 0.3) is 0 Å². The molecule has 25 heavy (non-hydrogen) atoms. The van der Waals surface area contributed by atoms with Crippen LogP contribution < -0.4 is 5.32 Å². The summed E-state index contributed by atoms with van der Waals surface area (Å²) in [6, 6.07) is 2.75. The number of Topliss-reactive ketones (excluding diaryl/α,β-unsaturated/α-hetero) is 1. The third kappa shape index (κ3) is 5.34. The SMILES string of the molecule is C=CS(=O)(=O)N1CCC[C@H](CC(=O)CNc2cc(Cl)c(Cl)cc2O)C1. The highest BCUT2D eigenvalue weighted by molar-refractivity contribution is 7.92. The molecule has 6 nitrogen and oxygen atoms in total. The summed E-state index contributed by atoms with van der Waals surface area (Å²) in [7, 11) is -3.45. The molecule has 2 rings (SSSR count). The van der Waals surface area contributed by atoms with Gasteiger partial charge in [-0.05, 0) is 24.8 Å². The van der Waals surface area contributed by atoms with Crippen LogP contribution in [-0.2, 0) is 14.8 Å². The first-order valence-corrected chi connectivity index (χ1v) is 10.0. The fourth-order valence-electron chi connectivity index (χ4n) is 2.80. The van der Waals surface area contributed by atoms with Crippen molar-refractivity contribution < 1.29 is 18.3 Å². The second-order valence-corrected chi connectivity index (χ2v) is 8.65. The number of ketones is 1. The molecule has 0 bridgehead atoms. The molecule has 1 fully saturated rings. The normalized spacial score (nSPS) is 18.7. The second kappa shape index (κ2) is 8.40. The minimum Gasteiger partial charge on any atom is -0.506 e. The topological polar surface area (TPSA) is 86.7 Å². The molecule has 2 N–H and O–H groups in total. The number of anilines is 1. The molecule has 1 aromatic rings. The number of halogens is 2. The monoisotopic (exact) mass is 406 g/mol. The molecule has 9 heteroatoms. The zero-order valence-electron chi connectivity index (χ0n) is 13.5. The first kappa shape index (κ1) is 20.0. The van der Waals surface area contributed by atoms with Crippen LogP contribution in [0.1, 0.15) is 19.3 Å². The number of hydrogen-bond acceptors (Lipinski definition) is 5. The lowest BCUT2D eigenvalue weighted by atomic mass is 9.94. The van der Waals surface area contributed by atoms with E-state index >= 15 is 0 Å². The number of sulfonamides is 1. The van der Waals surface area contributed by atoms with Gasteiger partial charge in [0, 0.05) is 31.0 Å². The molecule has 0 aromatic heterocycles. The number of rotatable bonds is 7. The molecule has 0 unspecified atom stereocenters. The van der Waals surface area contributed by atoms with Gasteiger partial charge >= 0.3 is 0 Å². The Balaban J connectivity index is 1.90. The molecule has 0 aliphatic carbocycles. The summed E-state index contributed by atoms with van der Waals surface area (Å²) < 4.78 is 25.1. The van der Waals surface area contributed by atoms with Crippen molar-refractivity contribution in [3.05, 3.63) is 34.2 Å². The highest BCUT2D eigenvalue weighted by Crippen LogP contribution is 2.33. The number of nitrogens with zero attached hydrogens (tertiary/aromatic N) is 1. The van der Waals surface area contributed by atoms with E-state index in [-0.39, 0.29) is 40.5 Å². The van der Waals surface area contributed by atoms with E-state index < -0.39 is 10.0 Å². The molecule has 1 aromatic carbocycles. The summed E-state index contributed by atoms with van der Waals surface area (Å²) in [5, 5.41) is 14.1. The van der Waals surface area contributed by atoms with Crippen molar-refractivity contribution in [1.29, 1.82) is 0 Å². The van der Waals surface area contributed by atoms with Crippen LogP contribution in [0.5, 0.6) is 5.75 Å². The summed E-state index contributed by atoms with van der Waals surface area (Å²) in [5.74, 6) is -0.198. The van der Waals surface area contributed by atoms with E-state index in [1.807, 2.05) is 0 Å². The molecule has 1 saturated heterocycles. The van der Waals surface area contributed by atoms with Gasteiger partial charge in [-0.1, -0.05) is 29.8 Å². The van der Waals surface area contributed by atoms with Crippen LogP contribution >= 0.6 is 23.2 Å². The van der Waals surface area contributed by atoms with Crippen molar-refractivity contribution in [2.45, 2.75) is 19.3 Å². The minimum atomic E-state index is -3.45. The Morgan fingerprint density at radius 3 is 2.76 bits per heavy atom. The maximum atomic E-state index is 12.2. The number of carbonyl (C=O) groups is 1. The largest absolute Gasteiger partial charge is 0.506 e. The third-order valence-corrected chi connectivity index (χ3v) is 6.28. The van der Waals surface area contributed by atoms with Gasteiger partial charge in [0.05, 0.1) is 22.3 Å². The summed E-state index contributed by atoms with van der Waals surface area (Å²) in [6.45, 7) is 4.11. The van der Waals surface area contributed by atoms with E-state index in [4.69, 9.17) is 23.2 Å². The van der Waals surface area contributed by atoms with Gasteiger partial charge in [-0.15, -0.1) is 0 Å². The maximum Gasteiger partial charge on any atom is 0.235 e. The predicted molar refractivity (Wildman–Crippen MR) is 99.7 cm³/mol. The van der Waals surface area contributed by atoms with Crippen LogP contribution in [0.4, 0.5) is 5.69 Å². The number of benzene rings is 1. The Bertz CT molecular complexity index is 768. The van der Waals surface area contributed by atoms with E-state index in [0.717, 1.165) is 11.8 Å². The van der Waals surface area contributed by atoms with Crippen LogP contribution in [0.15, 0.2) is 24.1 Å². The lowest BCUT2D eigenvalue weighted by molar-refractivity contribution is -0.118. The van der Waals surface area contributed by atoms with E-state index in [1.54, 1.807) is 0 Å². The molecule has 0 saturated carbocycles. The Kier molecular flexibility index (Phi) is 6.73. The Hall–Kier alpha value is -1.28. The second-order valence-electron chi connectivity index (χ2n) is 5.96. The lowest BCUT2D eigenvalue weighted by Crippen LogP contribution is -2.39. The van der Waals surface area contributed by atoms with Crippen LogP contribution in [0.3, 0.4) is 0 Å². The number of carbonyl (C=O) groups excluding carboxylic acids is 1. The number of phenols is 1. The molecule has 1 aliphatic heterocycles. The highest BCUT2D eigenvalue weighted by atomic mass is 35.5. The van der Waals surface area contributed by atoms with Crippen LogP contribution in [0.25, 0.3) is 0 Å². The van der Waals surface area contributed by atoms with E-state index in [1.165, 1.54) is 16.4 Å². The van der Waals surface area contributed by atoms with Gasteiger partial charge in [0.1, 0.15) is 5.75 Å². The van der Waals surface area contributed by atoms with Gasteiger partial charge in [-0.2, -0.15) is 4.31 Å². The van der Waals surface area contributed by atoms with Crippen LogP contribution in [-0.4, -0.2) is 43.2 Å². The Labute approximate surface area is 157 Å². The van der Waals surface area contributed by atoms with E-state index in [0.29, 0.717) is 25.2 Å². The average molecular weight is 407 g/mol. The minimum absolute atomic E-state index is 0.0101. The van der Waals surface area contributed by atoms with Crippen molar-refractivity contribution >= 4 is 44.7 Å². The summed E-state index contributed by atoms with van der Waals surface area (Å²) in [4.78, 5) is 12.2. The number of aromatic hydroxyl groups is 1. The zero-order valence-corrected chi connectivity index (χ0v) is 15.9. The smallest absolute Gasteiger partial charge is 0.235 e. The number of phenolic OH excluding ortho intramolecular Hbond substituents is 1. The molecule has 1 atom stereocenters. The van der Waals surface area contributed by atoms with Gasteiger partial charge in [0.2, 0.25) is 10.0 Å². The van der Waals surface area contributed by atoms with Crippen molar-refractivity contribution in [1.82, 2.24) is 4.31 Å². The van der Waals surface area contributed by atoms with Crippen molar-refractivity contribution in [2.75, 3.05) is 25.0 Å². The van der Waals surface area contributed by atoms with E-state index in [2.05, 4.69) is 11.9 Å². The molecule has 1 heterocycles. The average Bonchev–Trinajstić information content (AvgIpc) is 2.57. The van der Waals surface area contributed by atoms with Gasteiger partial charge in [-0.3, -0.25) is 4.79 Å². The molecule has 1 aliphatic rings. The van der Waals surface area contributed by atoms with Crippen molar-refractivity contribution in [2.24, 2.45) is 5.92 Å². The van der Waals surface area contributed by atoms with Gasteiger partial charge < -0.3 is 10.4 Å². The zero-order chi connectivity index (χ0) is 18.6.